The fourth-order valence-corrected chi connectivity index (χ4v) is 3.77. The third kappa shape index (κ3) is 16.0. The zero-order chi connectivity index (χ0) is 34.4. The van der Waals surface area contributed by atoms with Gasteiger partial charge in [0.25, 0.3) is 0 Å². The molecule has 0 aromatic carbocycles. The average molecular weight is 666 g/mol. The molecular weight excluding hydrogens is 639 g/mol. The Morgan fingerprint density at radius 3 is 1.60 bits per heavy atom. The van der Waals surface area contributed by atoms with E-state index in [0.29, 0.717) is 18.8 Å². The van der Waals surface area contributed by atoms with Crippen molar-refractivity contribution in [1.29, 1.82) is 0 Å². The van der Waals surface area contributed by atoms with Gasteiger partial charge in [-0.1, -0.05) is 12.1 Å². The van der Waals surface area contributed by atoms with Gasteiger partial charge in [-0.05, 0) is 29.7 Å². The van der Waals surface area contributed by atoms with Crippen LogP contribution in [0.1, 0.15) is 17.5 Å². The molecule has 0 amide bonds. The molecule has 11 nitrogen and oxygen atoms in total. The van der Waals surface area contributed by atoms with Gasteiger partial charge < -0.3 is 20.1 Å². The SMILES string of the molecule is O=C(O)C(F)(F)F.O=C(O)C(F)(F)F.O=C(O)C(F)(F)F.c1cncc(COC2CC3CN(Cc4cccnc4)CCN3C2)c1. The van der Waals surface area contributed by atoms with Crippen LogP contribution in [0.5, 0.6) is 0 Å². The topological polar surface area (TPSA) is 153 Å². The fourth-order valence-electron chi connectivity index (χ4n) is 3.77. The smallest absolute Gasteiger partial charge is 0.475 e. The van der Waals surface area contributed by atoms with Crippen LogP contribution in [0.15, 0.2) is 49.1 Å². The van der Waals surface area contributed by atoms with Crippen molar-refractivity contribution in [2.24, 2.45) is 0 Å². The number of halogens is 9. The van der Waals surface area contributed by atoms with E-state index in [1.807, 2.05) is 30.7 Å². The molecule has 2 fully saturated rings. The van der Waals surface area contributed by atoms with Gasteiger partial charge >= 0.3 is 36.4 Å². The highest BCUT2D eigenvalue weighted by molar-refractivity contribution is 5.73. The molecule has 2 aromatic heterocycles. The minimum atomic E-state index is -5.08. The lowest BCUT2D eigenvalue weighted by atomic mass is 10.1. The summed E-state index contributed by atoms with van der Waals surface area (Å²) in [6.07, 6.45) is -6.28. The number of rotatable bonds is 5. The molecule has 0 radical (unpaired) electrons. The minimum Gasteiger partial charge on any atom is -0.475 e. The molecule has 0 bridgehead atoms. The number of pyridine rings is 2. The van der Waals surface area contributed by atoms with Crippen LogP contribution in [0.4, 0.5) is 39.5 Å². The number of piperazine rings is 1. The molecule has 252 valence electrons. The monoisotopic (exact) mass is 666 g/mol. The summed E-state index contributed by atoms with van der Waals surface area (Å²) in [7, 11) is 0. The van der Waals surface area contributed by atoms with Gasteiger partial charge in [0.15, 0.2) is 0 Å². The number of hydrogen-bond acceptors (Lipinski definition) is 8. The summed E-state index contributed by atoms with van der Waals surface area (Å²) in [6, 6.07) is 8.84. The fraction of sp³-hybridized carbons (Fsp3) is 0.480. The zero-order valence-corrected chi connectivity index (χ0v) is 22.9. The van der Waals surface area contributed by atoms with Crippen LogP contribution < -0.4 is 0 Å². The first kappa shape index (κ1) is 39.0. The third-order valence-electron chi connectivity index (χ3n) is 5.73. The Balaban J connectivity index is 0.000000396. The molecule has 2 aliphatic heterocycles. The van der Waals surface area contributed by atoms with Crippen molar-refractivity contribution >= 4 is 17.9 Å². The van der Waals surface area contributed by atoms with Crippen LogP contribution in [0, 0.1) is 0 Å². The average Bonchev–Trinajstić information content (AvgIpc) is 3.35. The molecule has 2 aliphatic rings. The van der Waals surface area contributed by atoms with Gasteiger partial charge in [0.2, 0.25) is 0 Å². The van der Waals surface area contributed by atoms with Crippen molar-refractivity contribution in [3.63, 3.8) is 0 Å². The Kier molecular flexibility index (Phi) is 15.1. The van der Waals surface area contributed by atoms with Crippen LogP contribution in [0.3, 0.4) is 0 Å². The molecule has 4 heterocycles. The van der Waals surface area contributed by atoms with E-state index >= 15 is 0 Å². The van der Waals surface area contributed by atoms with Crippen molar-refractivity contribution < 1.29 is 74.0 Å². The second-order valence-corrected chi connectivity index (χ2v) is 9.18. The van der Waals surface area contributed by atoms with Crippen LogP contribution in [-0.4, -0.2) is 110 Å². The van der Waals surface area contributed by atoms with E-state index in [1.54, 1.807) is 6.20 Å². The number of ether oxygens (including phenoxy) is 1. The van der Waals surface area contributed by atoms with E-state index in [9.17, 15) is 39.5 Å². The molecule has 2 atom stereocenters. The van der Waals surface area contributed by atoms with Gasteiger partial charge in [-0.15, -0.1) is 0 Å². The summed E-state index contributed by atoms with van der Waals surface area (Å²) >= 11 is 0. The second kappa shape index (κ2) is 17.4. The first-order valence-electron chi connectivity index (χ1n) is 12.5. The summed E-state index contributed by atoms with van der Waals surface area (Å²) in [5, 5.41) is 21.4. The highest BCUT2D eigenvalue weighted by atomic mass is 19.4. The van der Waals surface area contributed by atoms with Crippen LogP contribution >= 0.6 is 0 Å². The molecule has 45 heavy (non-hydrogen) atoms. The maximum absolute atomic E-state index is 10.6. The molecule has 4 rings (SSSR count). The van der Waals surface area contributed by atoms with Gasteiger partial charge in [0.1, 0.15) is 0 Å². The molecule has 0 spiro atoms. The van der Waals surface area contributed by atoms with Crippen molar-refractivity contribution in [3.05, 3.63) is 60.2 Å². The van der Waals surface area contributed by atoms with Gasteiger partial charge in [-0.2, -0.15) is 39.5 Å². The van der Waals surface area contributed by atoms with E-state index in [-0.39, 0.29) is 0 Å². The highest BCUT2D eigenvalue weighted by Crippen LogP contribution is 2.25. The number of nitrogens with zero attached hydrogens (tertiary/aromatic N) is 4. The van der Waals surface area contributed by atoms with Crippen LogP contribution in [0.2, 0.25) is 0 Å². The van der Waals surface area contributed by atoms with Crippen molar-refractivity contribution in [2.45, 2.75) is 50.2 Å². The van der Waals surface area contributed by atoms with Crippen molar-refractivity contribution in [1.82, 2.24) is 19.8 Å². The molecule has 0 aliphatic carbocycles. The standard InChI is InChI=1S/C19H24N4O.3C2HF3O2/c1-3-16(10-20-5-1)12-22-7-8-23-14-19(9-18(23)13-22)24-15-17-4-2-6-21-11-17;3*3-2(4,5)1(6)7/h1-6,10-11,18-19H,7-9,12-15H2;3*(H,6,7). The van der Waals surface area contributed by atoms with Crippen molar-refractivity contribution in [3.8, 4) is 0 Å². The molecule has 0 saturated carbocycles. The Hall–Kier alpha value is -4.04. The maximum Gasteiger partial charge on any atom is 0.490 e. The first-order chi connectivity index (χ1) is 20.7. The number of alkyl halides is 9. The lowest BCUT2D eigenvalue weighted by molar-refractivity contribution is -0.193. The van der Waals surface area contributed by atoms with Gasteiger partial charge in [0.05, 0.1) is 12.7 Å². The summed E-state index contributed by atoms with van der Waals surface area (Å²) in [6.45, 7) is 6.11. The molecule has 20 heteroatoms. The summed E-state index contributed by atoms with van der Waals surface area (Å²) < 4.78 is 101. The third-order valence-corrected chi connectivity index (χ3v) is 5.73. The minimum absolute atomic E-state index is 0.341. The van der Waals surface area contributed by atoms with Gasteiger partial charge in [-0.25, -0.2) is 14.4 Å². The molecular formula is C25H27F9N4O7. The molecule has 3 N–H and O–H groups in total. The Morgan fingerprint density at radius 2 is 1.20 bits per heavy atom. The number of carboxylic acids is 3. The van der Waals surface area contributed by atoms with E-state index in [2.05, 4.69) is 31.9 Å². The predicted molar refractivity (Wildman–Crippen MR) is 133 cm³/mol. The first-order valence-corrected chi connectivity index (χ1v) is 12.5. The summed E-state index contributed by atoms with van der Waals surface area (Å²) in [5.41, 5.74) is 2.45. The Labute approximate surface area is 248 Å². The van der Waals surface area contributed by atoms with Gasteiger partial charge in [-0.3, -0.25) is 19.8 Å². The summed E-state index contributed by atoms with van der Waals surface area (Å²) in [4.78, 5) is 40.2. The predicted octanol–water partition coefficient (Wildman–Crippen LogP) is 3.85. The lowest BCUT2D eigenvalue weighted by Gasteiger charge is -2.37. The second-order valence-electron chi connectivity index (χ2n) is 9.18. The van der Waals surface area contributed by atoms with E-state index < -0.39 is 36.4 Å². The number of aliphatic carboxylic acids is 3. The van der Waals surface area contributed by atoms with E-state index in [1.165, 1.54) is 5.56 Å². The van der Waals surface area contributed by atoms with E-state index in [0.717, 1.165) is 44.7 Å². The Morgan fingerprint density at radius 1 is 0.756 bits per heavy atom. The summed E-state index contributed by atoms with van der Waals surface area (Å²) in [5.74, 6) is -8.27. The number of carbonyl (C=O) groups is 3. The number of hydrogen-bond donors (Lipinski definition) is 3. The van der Waals surface area contributed by atoms with Crippen molar-refractivity contribution in [2.75, 3.05) is 26.2 Å². The normalized spacial score (nSPS) is 18.5. The number of fused-ring (bicyclic) bond motifs is 1. The molecule has 2 saturated heterocycles. The van der Waals surface area contributed by atoms with E-state index in [4.69, 9.17) is 34.4 Å². The molecule has 2 aromatic rings. The quantitative estimate of drug-likeness (QED) is 0.399. The highest BCUT2D eigenvalue weighted by Gasteiger charge is 2.39. The van der Waals surface area contributed by atoms with Gasteiger partial charge in [0, 0.05) is 63.6 Å². The number of aromatic nitrogens is 2. The lowest BCUT2D eigenvalue weighted by Crippen LogP contribution is -2.49. The largest absolute Gasteiger partial charge is 0.490 e. The van der Waals surface area contributed by atoms with Crippen LogP contribution in [-0.2, 0) is 32.3 Å². The maximum atomic E-state index is 10.6. The number of carboxylic acid groups (broad SMARTS) is 3. The Bertz CT molecular complexity index is 1140. The molecule has 2 unspecified atom stereocenters. The zero-order valence-electron chi connectivity index (χ0n) is 22.9. The van der Waals surface area contributed by atoms with Crippen LogP contribution in [0.25, 0.3) is 0 Å².